The number of imide groups is 1. The highest BCUT2D eigenvalue weighted by molar-refractivity contribution is 8.00. The zero-order valence-electron chi connectivity index (χ0n) is 13.1. The smallest absolute Gasteiger partial charge is 0.338 e. The SMILES string of the molecule is Cc1ccc(N2C(=O)C[C@@H](Sc3ncccc3C(=O)O)C2=O)cc1Cl. The molecule has 1 aliphatic heterocycles. The quantitative estimate of drug-likeness (QED) is 0.824. The molecule has 2 amide bonds. The molecule has 1 aromatic heterocycles. The van der Waals surface area contributed by atoms with Gasteiger partial charge in [0.25, 0.3) is 0 Å². The number of pyridine rings is 1. The van der Waals surface area contributed by atoms with Crippen LogP contribution in [0.1, 0.15) is 22.3 Å². The molecule has 1 N–H and O–H groups in total. The van der Waals surface area contributed by atoms with Crippen LogP contribution in [0.4, 0.5) is 5.69 Å². The van der Waals surface area contributed by atoms with Gasteiger partial charge < -0.3 is 5.11 Å². The van der Waals surface area contributed by atoms with Crippen LogP contribution in [-0.2, 0) is 9.59 Å². The first-order valence-electron chi connectivity index (χ1n) is 7.36. The van der Waals surface area contributed by atoms with Gasteiger partial charge in [0.15, 0.2) is 0 Å². The Morgan fingerprint density at radius 1 is 1.36 bits per heavy atom. The summed E-state index contributed by atoms with van der Waals surface area (Å²) in [6, 6.07) is 7.89. The highest BCUT2D eigenvalue weighted by Gasteiger charge is 2.41. The van der Waals surface area contributed by atoms with Crippen LogP contribution >= 0.6 is 23.4 Å². The lowest BCUT2D eigenvalue weighted by atomic mass is 10.2. The van der Waals surface area contributed by atoms with Gasteiger partial charge in [-0.15, -0.1) is 0 Å². The van der Waals surface area contributed by atoms with Crippen molar-refractivity contribution in [2.24, 2.45) is 0 Å². The van der Waals surface area contributed by atoms with E-state index >= 15 is 0 Å². The fraction of sp³-hybridized carbons (Fsp3) is 0.176. The van der Waals surface area contributed by atoms with Crippen LogP contribution in [0.25, 0.3) is 0 Å². The number of hydrogen-bond acceptors (Lipinski definition) is 5. The summed E-state index contributed by atoms with van der Waals surface area (Å²) in [4.78, 5) is 41.4. The summed E-state index contributed by atoms with van der Waals surface area (Å²) < 4.78 is 0. The van der Waals surface area contributed by atoms with Crippen molar-refractivity contribution in [1.82, 2.24) is 4.98 Å². The predicted octanol–water partition coefficient (Wildman–Crippen LogP) is 3.17. The summed E-state index contributed by atoms with van der Waals surface area (Å²) in [7, 11) is 0. The number of amides is 2. The van der Waals surface area contributed by atoms with Crippen molar-refractivity contribution in [2.45, 2.75) is 23.6 Å². The van der Waals surface area contributed by atoms with E-state index in [0.29, 0.717) is 10.7 Å². The van der Waals surface area contributed by atoms with E-state index < -0.39 is 17.1 Å². The summed E-state index contributed by atoms with van der Waals surface area (Å²) in [5, 5.41) is 9.17. The first-order chi connectivity index (χ1) is 11.9. The second kappa shape index (κ2) is 6.85. The van der Waals surface area contributed by atoms with E-state index in [1.165, 1.54) is 18.3 Å². The zero-order chi connectivity index (χ0) is 18.1. The molecule has 1 aromatic carbocycles. The molecule has 0 aliphatic carbocycles. The first-order valence-corrected chi connectivity index (χ1v) is 8.62. The second-order valence-corrected chi connectivity index (χ2v) is 7.07. The molecule has 3 rings (SSSR count). The number of carbonyl (C=O) groups is 3. The van der Waals surface area contributed by atoms with Gasteiger partial charge in [-0.3, -0.25) is 9.59 Å². The minimum Gasteiger partial charge on any atom is -0.478 e. The van der Waals surface area contributed by atoms with Gasteiger partial charge in [0.05, 0.1) is 16.5 Å². The molecule has 6 nitrogen and oxygen atoms in total. The molecule has 0 radical (unpaired) electrons. The summed E-state index contributed by atoms with van der Waals surface area (Å²) >= 11 is 7.07. The van der Waals surface area contributed by atoms with E-state index in [1.807, 2.05) is 6.92 Å². The fourth-order valence-electron chi connectivity index (χ4n) is 2.47. The third kappa shape index (κ3) is 3.38. The van der Waals surface area contributed by atoms with E-state index in [2.05, 4.69) is 4.98 Å². The lowest BCUT2D eigenvalue weighted by molar-refractivity contribution is -0.121. The van der Waals surface area contributed by atoms with Crippen molar-refractivity contribution >= 4 is 46.8 Å². The lowest BCUT2D eigenvalue weighted by Crippen LogP contribution is -2.31. The Hall–Kier alpha value is -2.38. The second-order valence-electron chi connectivity index (χ2n) is 5.47. The topological polar surface area (TPSA) is 87.6 Å². The van der Waals surface area contributed by atoms with Gasteiger partial charge in [0, 0.05) is 17.6 Å². The summed E-state index contributed by atoms with van der Waals surface area (Å²) in [5.74, 6) is -1.89. The monoisotopic (exact) mass is 376 g/mol. The number of thioether (sulfide) groups is 1. The van der Waals surface area contributed by atoms with Crippen molar-refractivity contribution in [3.8, 4) is 0 Å². The molecule has 1 saturated heterocycles. The van der Waals surface area contributed by atoms with Crippen LogP contribution in [0.5, 0.6) is 0 Å². The van der Waals surface area contributed by atoms with Gasteiger partial charge in [-0.25, -0.2) is 14.7 Å². The van der Waals surface area contributed by atoms with Gasteiger partial charge in [-0.2, -0.15) is 0 Å². The maximum Gasteiger partial charge on any atom is 0.338 e. The molecule has 25 heavy (non-hydrogen) atoms. The maximum atomic E-state index is 12.7. The molecular formula is C17H13ClN2O4S. The average Bonchev–Trinajstić information content (AvgIpc) is 2.84. The molecule has 1 fully saturated rings. The van der Waals surface area contributed by atoms with Gasteiger partial charge in [0.1, 0.15) is 5.03 Å². The number of nitrogens with zero attached hydrogens (tertiary/aromatic N) is 2. The van der Waals surface area contributed by atoms with E-state index in [9.17, 15) is 19.5 Å². The first kappa shape index (κ1) is 17.4. The summed E-state index contributed by atoms with van der Waals surface area (Å²) in [6.07, 6.45) is 1.43. The molecule has 128 valence electrons. The van der Waals surface area contributed by atoms with Crippen LogP contribution in [0.15, 0.2) is 41.6 Å². The van der Waals surface area contributed by atoms with Crippen molar-refractivity contribution in [3.05, 3.63) is 52.7 Å². The van der Waals surface area contributed by atoms with Gasteiger partial charge in [-0.1, -0.05) is 29.4 Å². The van der Waals surface area contributed by atoms with Gasteiger partial charge >= 0.3 is 5.97 Å². The molecule has 8 heteroatoms. The highest BCUT2D eigenvalue weighted by atomic mass is 35.5. The van der Waals surface area contributed by atoms with E-state index in [-0.39, 0.29) is 22.9 Å². The number of carboxylic acids is 1. The number of carbonyl (C=O) groups excluding carboxylic acids is 2. The lowest BCUT2D eigenvalue weighted by Gasteiger charge is -2.16. The molecule has 1 aliphatic rings. The van der Waals surface area contributed by atoms with E-state index in [4.69, 9.17) is 11.6 Å². The molecular weight excluding hydrogens is 364 g/mol. The number of benzene rings is 1. The number of carboxylic acid groups (broad SMARTS) is 1. The molecule has 0 bridgehead atoms. The van der Waals surface area contributed by atoms with Gasteiger partial charge in [-0.05, 0) is 36.8 Å². The average molecular weight is 377 g/mol. The van der Waals surface area contributed by atoms with Crippen LogP contribution in [0, 0.1) is 6.92 Å². The van der Waals surface area contributed by atoms with Crippen molar-refractivity contribution < 1.29 is 19.5 Å². The van der Waals surface area contributed by atoms with Crippen molar-refractivity contribution in [1.29, 1.82) is 0 Å². The number of rotatable bonds is 4. The zero-order valence-corrected chi connectivity index (χ0v) is 14.7. The Bertz CT molecular complexity index is 887. The third-order valence-corrected chi connectivity index (χ3v) is 5.38. The number of aromatic nitrogens is 1. The number of anilines is 1. The fourth-order valence-corrected chi connectivity index (χ4v) is 3.75. The third-order valence-electron chi connectivity index (χ3n) is 3.77. The highest BCUT2D eigenvalue weighted by Crippen LogP contribution is 2.35. The Balaban J connectivity index is 1.87. The van der Waals surface area contributed by atoms with Crippen LogP contribution in [0.2, 0.25) is 5.02 Å². The largest absolute Gasteiger partial charge is 0.478 e. The molecule has 1 atom stereocenters. The number of aromatic carboxylic acids is 1. The minimum absolute atomic E-state index is 0.00424. The van der Waals surface area contributed by atoms with Crippen LogP contribution in [0.3, 0.4) is 0 Å². The van der Waals surface area contributed by atoms with Crippen molar-refractivity contribution in [2.75, 3.05) is 4.90 Å². The van der Waals surface area contributed by atoms with E-state index in [0.717, 1.165) is 22.2 Å². The number of halogens is 1. The molecule has 0 unspecified atom stereocenters. The molecule has 0 saturated carbocycles. The van der Waals surface area contributed by atoms with Gasteiger partial charge in [0.2, 0.25) is 11.8 Å². The standard InChI is InChI=1S/C17H13ClN2O4S/c1-9-4-5-10(7-12(9)18)20-14(21)8-13(16(20)22)25-15-11(17(23)24)3-2-6-19-15/h2-7,13H,8H2,1H3,(H,23,24)/t13-/m1/s1. The molecule has 2 heterocycles. The Kier molecular flexibility index (Phi) is 4.78. The molecule has 2 aromatic rings. The summed E-state index contributed by atoms with van der Waals surface area (Å²) in [6.45, 7) is 1.83. The Labute approximate surface area is 152 Å². The number of hydrogen-bond donors (Lipinski definition) is 1. The van der Waals surface area contributed by atoms with E-state index in [1.54, 1.807) is 18.2 Å². The summed E-state index contributed by atoms with van der Waals surface area (Å²) in [5.41, 5.74) is 1.26. The minimum atomic E-state index is -1.13. The Morgan fingerprint density at radius 2 is 2.12 bits per heavy atom. The maximum absolute atomic E-state index is 12.7. The normalized spacial score (nSPS) is 17.2. The molecule has 0 spiro atoms. The number of aryl methyl sites for hydroxylation is 1. The van der Waals surface area contributed by atoms with Crippen LogP contribution < -0.4 is 4.90 Å². The van der Waals surface area contributed by atoms with Crippen LogP contribution in [-0.4, -0.2) is 33.1 Å². The van der Waals surface area contributed by atoms with Crippen molar-refractivity contribution in [3.63, 3.8) is 0 Å². The predicted molar refractivity (Wildman–Crippen MR) is 94.1 cm³/mol. The Morgan fingerprint density at radius 3 is 2.80 bits per heavy atom.